The Bertz CT molecular complexity index is 273. The average Bonchev–Trinajstić information content (AvgIpc) is 2.63. The van der Waals surface area contributed by atoms with Crippen molar-refractivity contribution in [3.8, 4) is 0 Å². The van der Waals surface area contributed by atoms with Gasteiger partial charge in [-0.2, -0.15) is 0 Å². The van der Waals surface area contributed by atoms with Gasteiger partial charge >= 0.3 is 91.8 Å². The zero-order chi connectivity index (χ0) is 9.80. The Morgan fingerprint density at radius 2 is 2.07 bits per heavy atom. The van der Waals surface area contributed by atoms with Crippen LogP contribution in [-0.2, 0) is 4.74 Å². The zero-order valence-corrected chi connectivity index (χ0v) is 10.2. The molecule has 1 nitrogen and oxygen atoms in total. The first-order valence-electron chi connectivity index (χ1n) is 5.18. The summed E-state index contributed by atoms with van der Waals surface area (Å²) in [6, 6.07) is 10.8. The molecule has 1 heterocycles. The topological polar surface area (TPSA) is 9.23 Å². The van der Waals surface area contributed by atoms with Crippen LogP contribution < -0.4 is 4.46 Å². The summed E-state index contributed by atoms with van der Waals surface area (Å²) in [5, 5.41) is 1.24. The molecule has 0 amide bonds. The van der Waals surface area contributed by atoms with Crippen molar-refractivity contribution >= 4 is 19.4 Å². The van der Waals surface area contributed by atoms with Crippen LogP contribution in [0.1, 0.15) is 19.8 Å². The van der Waals surface area contributed by atoms with Crippen molar-refractivity contribution in [3.63, 3.8) is 0 Å². The normalized spacial score (nSPS) is 26.6. The number of ether oxygens (including phenoxy) is 1. The summed E-state index contributed by atoms with van der Waals surface area (Å²) >= 11 is 0.593. The monoisotopic (exact) mass is 256 g/mol. The Balaban J connectivity index is 1.78. The summed E-state index contributed by atoms with van der Waals surface area (Å²) in [5.74, 6) is 0. The molecule has 1 aliphatic rings. The molecule has 14 heavy (non-hydrogen) atoms. The maximum absolute atomic E-state index is 5.80. The molecule has 1 aromatic rings. The van der Waals surface area contributed by atoms with Gasteiger partial charge in [0.05, 0.1) is 0 Å². The molecule has 0 saturated carbocycles. The van der Waals surface area contributed by atoms with E-state index in [2.05, 4.69) is 37.3 Å². The first kappa shape index (κ1) is 10.2. The van der Waals surface area contributed by atoms with Gasteiger partial charge in [0.1, 0.15) is 0 Å². The standard InChI is InChI=1S/C12H16OSe/c1-10-7-8-11(13-10)9-14-12-5-3-2-4-6-12/h2-6,10-11H,7-9H2,1H3/t10-,11-/m0/s1. The van der Waals surface area contributed by atoms with E-state index < -0.39 is 0 Å². The van der Waals surface area contributed by atoms with Gasteiger partial charge in [-0.15, -0.1) is 0 Å². The Labute approximate surface area is 92.0 Å². The third-order valence-electron chi connectivity index (χ3n) is 2.50. The van der Waals surface area contributed by atoms with Gasteiger partial charge in [-0.25, -0.2) is 0 Å². The van der Waals surface area contributed by atoms with Crippen LogP contribution in [0.4, 0.5) is 0 Å². The van der Waals surface area contributed by atoms with Crippen LogP contribution in [0, 0.1) is 0 Å². The Hall–Kier alpha value is -0.301. The van der Waals surface area contributed by atoms with E-state index in [-0.39, 0.29) is 0 Å². The third-order valence-corrected chi connectivity index (χ3v) is 4.90. The predicted octanol–water partition coefficient (Wildman–Crippen LogP) is 2.00. The molecule has 0 bridgehead atoms. The second-order valence-electron chi connectivity index (χ2n) is 3.77. The molecule has 2 rings (SSSR count). The van der Waals surface area contributed by atoms with Crippen LogP contribution in [0.3, 0.4) is 0 Å². The van der Waals surface area contributed by atoms with Crippen LogP contribution in [0.15, 0.2) is 30.3 Å². The quantitative estimate of drug-likeness (QED) is 0.751. The van der Waals surface area contributed by atoms with Gasteiger partial charge < -0.3 is 0 Å². The van der Waals surface area contributed by atoms with Gasteiger partial charge in [0.15, 0.2) is 0 Å². The molecule has 1 aliphatic heterocycles. The summed E-state index contributed by atoms with van der Waals surface area (Å²) in [6.07, 6.45) is 3.53. The predicted molar refractivity (Wildman–Crippen MR) is 60.2 cm³/mol. The van der Waals surface area contributed by atoms with Crippen LogP contribution in [0.25, 0.3) is 0 Å². The van der Waals surface area contributed by atoms with Crippen molar-refractivity contribution in [1.29, 1.82) is 0 Å². The van der Waals surface area contributed by atoms with E-state index in [1.54, 1.807) is 0 Å². The molecule has 2 heteroatoms. The summed E-state index contributed by atoms with van der Waals surface area (Å²) in [7, 11) is 0. The number of rotatable bonds is 3. The van der Waals surface area contributed by atoms with E-state index in [1.165, 1.54) is 22.6 Å². The van der Waals surface area contributed by atoms with Gasteiger partial charge in [-0.05, 0) is 0 Å². The van der Waals surface area contributed by atoms with E-state index in [0.29, 0.717) is 27.2 Å². The van der Waals surface area contributed by atoms with Gasteiger partial charge in [0.25, 0.3) is 0 Å². The van der Waals surface area contributed by atoms with Crippen LogP contribution >= 0.6 is 0 Å². The fraction of sp³-hybridized carbons (Fsp3) is 0.500. The fourth-order valence-electron chi connectivity index (χ4n) is 1.71. The molecule has 0 aliphatic carbocycles. The van der Waals surface area contributed by atoms with E-state index >= 15 is 0 Å². The maximum atomic E-state index is 5.80. The van der Waals surface area contributed by atoms with Crippen molar-refractivity contribution in [1.82, 2.24) is 0 Å². The van der Waals surface area contributed by atoms with Crippen molar-refractivity contribution < 1.29 is 4.74 Å². The summed E-state index contributed by atoms with van der Waals surface area (Å²) in [6.45, 7) is 2.18. The molecule has 0 unspecified atom stereocenters. The first-order chi connectivity index (χ1) is 6.84. The van der Waals surface area contributed by atoms with Crippen molar-refractivity contribution in [2.45, 2.75) is 37.3 Å². The van der Waals surface area contributed by atoms with Gasteiger partial charge in [-0.3, -0.25) is 0 Å². The molecule has 0 radical (unpaired) electrons. The Morgan fingerprint density at radius 1 is 1.29 bits per heavy atom. The van der Waals surface area contributed by atoms with Crippen LogP contribution in [-0.4, -0.2) is 27.2 Å². The van der Waals surface area contributed by atoms with Crippen molar-refractivity contribution in [2.24, 2.45) is 0 Å². The SMILES string of the molecule is C[C@H]1CC[C@@H](C[Se]c2ccccc2)O1. The van der Waals surface area contributed by atoms with Gasteiger partial charge in [-0.1, -0.05) is 0 Å². The molecule has 0 aromatic heterocycles. The van der Waals surface area contributed by atoms with Gasteiger partial charge in [0.2, 0.25) is 0 Å². The molecular weight excluding hydrogens is 239 g/mol. The molecule has 0 spiro atoms. The molecule has 1 saturated heterocycles. The average molecular weight is 255 g/mol. The fourth-order valence-corrected chi connectivity index (χ4v) is 3.76. The summed E-state index contributed by atoms with van der Waals surface area (Å²) in [4.78, 5) is 0. The van der Waals surface area contributed by atoms with E-state index in [9.17, 15) is 0 Å². The van der Waals surface area contributed by atoms with Crippen molar-refractivity contribution in [2.75, 3.05) is 0 Å². The zero-order valence-electron chi connectivity index (χ0n) is 8.48. The van der Waals surface area contributed by atoms with Crippen LogP contribution in [0.2, 0.25) is 5.32 Å². The van der Waals surface area contributed by atoms with E-state index in [1.807, 2.05) is 0 Å². The molecule has 1 fully saturated rings. The van der Waals surface area contributed by atoms with E-state index in [4.69, 9.17) is 4.74 Å². The minimum atomic E-state index is 0.492. The minimum absolute atomic E-state index is 0.492. The number of hydrogen-bond donors (Lipinski definition) is 0. The number of benzene rings is 1. The molecule has 76 valence electrons. The molecule has 1 aromatic carbocycles. The second kappa shape index (κ2) is 4.97. The molecular formula is C12H16OSe. The third kappa shape index (κ3) is 2.84. The number of hydrogen-bond acceptors (Lipinski definition) is 1. The van der Waals surface area contributed by atoms with E-state index in [0.717, 1.165) is 0 Å². The Kier molecular flexibility index (Phi) is 3.63. The summed E-state index contributed by atoms with van der Waals surface area (Å²) in [5.41, 5.74) is 0. The first-order valence-corrected chi connectivity index (χ1v) is 7.24. The molecule has 2 atom stereocenters. The van der Waals surface area contributed by atoms with Crippen LogP contribution in [0.5, 0.6) is 0 Å². The molecule has 0 N–H and O–H groups in total. The summed E-state index contributed by atoms with van der Waals surface area (Å²) < 4.78 is 7.29. The Morgan fingerprint density at radius 3 is 2.71 bits per heavy atom. The second-order valence-corrected chi connectivity index (χ2v) is 6.06. The van der Waals surface area contributed by atoms with Crippen molar-refractivity contribution in [3.05, 3.63) is 30.3 Å². The van der Waals surface area contributed by atoms with Gasteiger partial charge in [0, 0.05) is 0 Å².